The van der Waals surface area contributed by atoms with Gasteiger partial charge in [-0.25, -0.2) is 4.39 Å². The summed E-state index contributed by atoms with van der Waals surface area (Å²) < 4.78 is 13.1. The monoisotopic (exact) mass is 361 g/mol. The Bertz CT molecular complexity index is 736. The van der Waals surface area contributed by atoms with Crippen LogP contribution in [0.4, 0.5) is 10.1 Å². The molecule has 0 bridgehead atoms. The number of amidine groups is 1. The Kier molecular flexibility index (Phi) is 6.85. The van der Waals surface area contributed by atoms with Crippen LogP contribution in [0.15, 0.2) is 52.4 Å². The van der Waals surface area contributed by atoms with Crippen LogP contribution >= 0.6 is 0 Å². The number of nitrogens with zero attached hydrogens (tertiary/aromatic N) is 2. The van der Waals surface area contributed by atoms with E-state index in [1.165, 1.54) is 18.2 Å². The summed E-state index contributed by atoms with van der Waals surface area (Å²) in [5, 5.41) is 20.8. The van der Waals surface area contributed by atoms with Gasteiger partial charge >= 0.3 is 5.70 Å². The molecule has 0 atom stereocenters. The van der Waals surface area contributed by atoms with Crippen molar-refractivity contribution >= 4 is 11.5 Å². The van der Waals surface area contributed by atoms with Gasteiger partial charge in [0.25, 0.3) is 0 Å². The highest BCUT2D eigenvalue weighted by molar-refractivity contribution is 5.97. The topological polar surface area (TPSA) is 91.6 Å². The molecule has 0 saturated carbocycles. The molecule has 3 N–H and O–H groups in total. The Morgan fingerprint density at radius 1 is 1.42 bits per heavy atom. The van der Waals surface area contributed by atoms with Crippen LogP contribution in [-0.2, 0) is 0 Å². The summed E-state index contributed by atoms with van der Waals surface area (Å²) in [6.45, 7) is 6.90. The molecule has 1 aromatic carbocycles. The fourth-order valence-corrected chi connectivity index (χ4v) is 2.26. The molecule has 140 valence electrons. The van der Waals surface area contributed by atoms with Crippen molar-refractivity contribution in [3.05, 3.63) is 63.4 Å². The van der Waals surface area contributed by atoms with Gasteiger partial charge in [-0.15, -0.1) is 0 Å². The zero-order valence-corrected chi connectivity index (χ0v) is 15.2. The lowest BCUT2D eigenvalue weighted by atomic mass is 10.2. The standard InChI is InChI=1S/C18H24FN5O2/c1-4-12(3)17(21-14-8-6-13(19)7-9-14)23-18(16(5-2)24(25)26)22-15-10-20-11-15/h5-9,15,20-21H,4,10-11H2,1-3H3,(H,22,23)/b16-5+,17-12+. The molecule has 1 aliphatic heterocycles. The molecule has 7 nitrogen and oxygen atoms in total. The largest absolute Gasteiger partial charge is 0.342 e. The summed E-state index contributed by atoms with van der Waals surface area (Å²) in [5.41, 5.74) is 1.56. The maximum Gasteiger partial charge on any atom is 0.307 e. The zero-order valence-electron chi connectivity index (χ0n) is 15.2. The maximum atomic E-state index is 13.1. The van der Waals surface area contributed by atoms with Crippen molar-refractivity contribution < 1.29 is 9.31 Å². The Morgan fingerprint density at radius 2 is 2.08 bits per heavy atom. The zero-order chi connectivity index (χ0) is 19.1. The second kappa shape index (κ2) is 9.10. The van der Waals surface area contributed by atoms with Crippen molar-refractivity contribution in [1.29, 1.82) is 0 Å². The van der Waals surface area contributed by atoms with Crippen molar-refractivity contribution in [2.75, 3.05) is 18.4 Å². The van der Waals surface area contributed by atoms with Gasteiger partial charge in [0, 0.05) is 18.8 Å². The third kappa shape index (κ3) is 5.13. The van der Waals surface area contributed by atoms with Crippen molar-refractivity contribution in [2.45, 2.75) is 33.2 Å². The third-order valence-corrected chi connectivity index (χ3v) is 4.10. The molecule has 0 amide bonds. The second-order valence-corrected chi connectivity index (χ2v) is 5.99. The Morgan fingerprint density at radius 3 is 2.54 bits per heavy atom. The Labute approximate surface area is 152 Å². The lowest BCUT2D eigenvalue weighted by Gasteiger charge is -2.25. The molecule has 26 heavy (non-hydrogen) atoms. The van der Waals surface area contributed by atoms with Gasteiger partial charge in [-0.05, 0) is 56.2 Å². The summed E-state index contributed by atoms with van der Waals surface area (Å²) >= 11 is 0. The fourth-order valence-electron chi connectivity index (χ4n) is 2.26. The quantitative estimate of drug-likeness (QED) is 0.300. The molecule has 0 aliphatic carbocycles. The number of nitro groups is 1. The number of allylic oxidation sites excluding steroid dienone is 2. The van der Waals surface area contributed by atoms with Crippen LogP contribution in [0, 0.1) is 15.9 Å². The lowest BCUT2D eigenvalue weighted by molar-refractivity contribution is -0.415. The molecule has 0 spiro atoms. The van der Waals surface area contributed by atoms with Crippen LogP contribution in [0.1, 0.15) is 27.2 Å². The van der Waals surface area contributed by atoms with E-state index in [2.05, 4.69) is 20.9 Å². The van der Waals surface area contributed by atoms with Gasteiger partial charge in [0.15, 0.2) is 0 Å². The van der Waals surface area contributed by atoms with E-state index in [1.54, 1.807) is 19.1 Å². The van der Waals surface area contributed by atoms with Gasteiger partial charge in [0.1, 0.15) is 11.6 Å². The minimum atomic E-state index is -0.450. The molecule has 1 saturated heterocycles. The lowest BCUT2D eigenvalue weighted by Crippen LogP contribution is -2.47. The minimum Gasteiger partial charge on any atom is -0.342 e. The third-order valence-electron chi connectivity index (χ3n) is 4.10. The molecular formula is C18H24FN5O2. The number of halogens is 1. The summed E-state index contributed by atoms with van der Waals surface area (Å²) in [4.78, 5) is 15.4. The molecule has 1 aliphatic rings. The van der Waals surface area contributed by atoms with Gasteiger partial charge in [-0.2, -0.15) is 0 Å². The van der Waals surface area contributed by atoms with E-state index in [4.69, 9.17) is 0 Å². The average molecular weight is 361 g/mol. The molecule has 2 rings (SSSR count). The van der Waals surface area contributed by atoms with Crippen LogP contribution in [-0.4, -0.2) is 29.9 Å². The van der Waals surface area contributed by atoms with E-state index in [0.717, 1.165) is 12.0 Å². The van der Waals surface area contributed by atoms with Crippen molar-refractivity contribution in [1.82, 2.24) is 10.6 Å². The first kappa shape index (κ1) is 19.6. The van der Waals surface area contributed by atoms with Gasteiger partial charge in [-0.1, -0.05) is 6.92 Å². The summed E-state index contributed by atoms with van der Waals surface area (Å²) in [5.74, 6) is 0.485. The first-order valence-corrected chi connectivity index (χ1v) is 8.53. The maximum absolute atomic E-state index is 13.1. The smallest absolute Gasteiger partial charge is 0.307 e. The molecule has 8 heteroatoms. The summed E-state index contributed by atoms with van der Waals surface area (Å²) in [7, 11) is 0. The van der Waals surface area contributed by atoms with E-state index < -0.39 is 4.92 Å². The number of rotatable bonds is 7. The number of benzene rings is 1. The van der Waals surface area contributed by atoms with Crippen LogP contribution < -0.4 is 16.0 Å². The van der Waals surface area contributed by atoms with Crippen molar-refractivity contribution in [3.63, 3.8) is 0 Å². The fraction of sp³-hybridized carbons (Fsp3) is 0.389. The molecule has 1 aromatic rings. The highest BCUT2D eigenvalue weighted by atomic mass is 19.1. The van der Waals surface area contributed by atoms with Gasteiger partial charge in [0.05, 0.1) is 11.0 Å². The molecule has 0 unspecified atom stereocenters. The number of anilines is 1. The predicted molar refractivity (Wildman–Crippen MR) is 101 cm³/mol. The highest BCUT2D eigenvalue weighted by Crippen LogP contribution is 2.15. The Balaban J connectivity index is 2.31. The number of hydrogen-bond donors (Lipinski definition) is 3. The van der Waals surface area contributed by atoms with Gasteiger partial charge < -0.3 is 16.0 Å². The van der Waals surface area contributed by atoms with Crippen LogP contribution in [0.3, 0.4) is 0 Å². The highest BCUT2D eigenvalue weighted by Gasteiger charge is 2.24. The molecule has 0 aromatic heterocycles. The molecule has 1 fully saturated rings. The van der Waals surface area contributed by atoms with Gasteiger partial charge in [-0.3, -0.25) is 15.1 Å². The molecular weight excluding hydrogens is 337 g/mol. The summed E-state index contributed by atoms with van der Waals surface area (Å²) in [6.07, 6.45) is 2.16. The SMILES string of the molecule is C/C=C(\C(=NC1CNC1)N/C(Nc1ccc(F)cc1)=C(\C)CC)[N+](=O)[O-]. The van der Waals surface area contributed by atoms with E-state index in [1.807, 2.05) is 13.8 Å². The number of nitrogens with one attached hydrogen (secondary N) is 3. The number of aliphatic imine (C=N–C) groups is 1. The Hall–Kier alpha value is -2.74. The number of hydrogen-bond acceptors (Lipinski definition) is 5. The first-order chi connectivity index (χ1) is 12.4. The van der Waals surface area contributed by atoms with Crippen LogP contribution in [0.25, 0.3) is 0 Å². The van der Waals surface area contributed by atoms with Crippen molar-refractivity contribution in [3.8, 4) is 0 Å². The average Bonchev–Trinajstić information content (AvgIpc) is 2.58. The van der Waals surface area contributed by atoms with Gasteiger partial charge in [0.2, 0.25) is 5.84 Å². The van der Waals surface area contributed by atoms with E-state index >= 15 is 0 Å². The van der Waals surface area contributed by atoms with Crippen LogP contribution in [0.2, 0.25) is 0 Å². The van der Waals surface area contributed by atoms with Crippen LogP contribution in [0.5, 0.6) is 0 Å². The second-order valence-electron chi connectivity index (χ2n) is 5.99. The predicted octanol–water partition coefficient (Wildman–Crippen LogP) is 3.02. The van der Waals surface area contributed by atoms with Crippen molar-refractivity contribution in [2.24, 2.45) is 4.99 Å². The molecule has 1 heterocycles. The minimum absolute atomic E-state index is 0.00130. The molecule has 0 radical (unpaired) electrons. The van der Waals surface area contributed by atoms with E-state index in [0.29, 0.717) is 24.6 Å². The first-order valence-electron chi connectivity index (χ1n) is 8.53. The van der Waals surface area contributed by atoms with E-state index in [9.17, 15) is 14.5 Å². The summed E-state index contributed by atoms with van der Waals surface area (Å²) in [6, 6.07) is 5.92. The van der Waals surface area contributed by atoms with E-state index in [-0.39, 0.29) is 23.4 Å². The normalized spacial score (nSPS) is 16.6.